The zero-order valence-electron chi connectivity index (χ0n) is 56.1. The van der Waals surface area contributed by atoms with Gasteiger partial charge in [-0.25, -0.2) is 8.78 Å². The lowest BCUT2D eigenvalue weighted by molar-refractivity contribution is 0.274. The molecule has 0 amide bonds. The van der Waals surface area contributed by atoms with E-state index in [2.05, 4.69) is 234 Å². The minimum atomic E-state index is -0.694. The Balaban J connectivity index is 1.48. The highest BCUT2D eigenvalue weighted by Gasteiger charge is 2.40. The minimum Gasteiger partial charge on any atom is -0.505 e. The van der Waals surface area contributed by atoms with E-state index in [-0.39, 0.29) is 44.0 Å². The molecule has 5 nitrogen and oxygen atoms in total. The Bertz CT molecular complexity index is 3930. The number of aromatic hydroxyl groups is 2. The molecule has 0 saturated carbocycles. The molecule has 10 rings (SSSR count). The molecule has 0 aliphatic carbocycles. The molecule has 0 aliphatic rings. The summed E-state index contributed by atoms with van der Waals surface area (Å²) in [6, 6.07) is 43.6. The van der Waals surface area contributed by atoms with Crippen LogP contribution in [0.3, 0.4) is 0 Å². The van der Waals surface area contributed by atoms with E-state index in [1.165, 1.54) is 24.3 Å². The smallest absolute Gasteiger partial charge is 0.159 e. The molecule has 456 valence electrons. The maximum Gasteiger partial charge on any atom is 0.159 e. The number of phenols is 2. The number of nitrogens with zero attached hydrogens (tertiary/aromatic N) is 2. The number of benzene rings is 8. The van der Waals surface area contributed by atoms with Crippen LogP contribution in [0.25, 0.3) is 77.2 Å². The second-order valence-electron chi connectivity index (χ2n) is 33.0. The maximum atomic E-state index is 15.9. The van der Waals surface area contributed by atoms with Gasteiger partial charge < -0.3 is 24.1 Å². The summed E-state index contributed by atoms with van der Waals surface area (Å²) in [5.41, 5.74) is 9.73. The monoisotopic (exact) mass is 1170 g/mol. The highest BCUT2D eigenvalue weighted by molar-refractivity contribution is 6.12. The van der Waals surface area contributed by atoms with Crippen LogP contribution in [-0.4, -0.2) is 19.3 Å². The summed E-state index contributed by atoms with van der Waals surface area (Å²) < 4.78 is 44.4. The SMILES string of the molecule is CC(C)(C)CC(C)(C)c1cc(-c2cccc(F)c2)c(O)c(-n2c3ccc(C(C)(C)C)cc3c3cc(C(C)(C)C)ccc32)c1Oc1c(C(C)(C)CC(C)(C)C)cc(-c2cccc(F)c2)c(O)c1-n1c2ccc(C(C)(C)C)cc2c2cc(C(C)(C)C)ccc21. The van der Waals surface area contributed by atoms with Crippen molar-refractivity contribution in [2.24, 2.45) is 10.8 Å². The van der Waals surface area contributed by atoms with Crippen LogP contribution in [0, 0.1) is 22.5 Å². The largest absolute Gasteiger partial charge is 0.505 e. The summed E-state index contributed by atoms with van der Waals surface area (Å²) in [5.74, 6) is -0.265. The molecule has 0 radical (unpaired) electrons. The molecule has 0 bridgehead atoms. The van der Waals surface area contributed by atoms with Gasteiger partial charge in [0.1, 0.15) is 23.0 Å². The summed E-state index contributed by atoms with van der Waals surface area (Å²) in [6.45, 7) is 49.1. The Labute approximate surface area is 517 Å². The molecule has 10 aromatic rings. The zero-order chi connectivity index (χ0) is 63.8. The van der Waals surface area contributed by atoms with Crippen LogP contribution in [0.15, 0.2) is 133 Å². The molecule has 0 spiro atoms. The average molecular weight is 1170 g/mol. The van der Waals surface area contributed by atoms with Crippen molar-refractivity contribution in [1.82, 2.24) is 9.13 Å². The van der Waals surface area contributed by atoms with Gasteiger partial charge in [-0.3, -0.25) is 0 Å². The second-order valence-corrected chi connectivity index (χ2v) is 33.0. The molecule has 2 N–H and O–H groups in total. The van der Waals surface area contributed by atoms with Crippen molar-refractivity contribution >= 4 is 43.6 Å². The quantitative estimate of drug-likeness (QED) is 0.143. The van der Waals surface area contributed by atoms with Crippen LogP contribution in [0.1, 0.15) is 199 Å². The Morgan fingerprint density at radius 3 is 0.874 bits per heavy atom. The maximum absolute atomic E-state index is 15.9. The molecule has 2 aromatic heterocycles. The van der Waals surface area contributed by atoms with Crippen molar-refractivity contribution in [2.75, 3.05) is 0 Å². The van der Waals surface area contributed by atoms with Crippen LogP contribution in [0.4, 0.5) is 8.78 Å². The lowest BCUT2D eigenvalue weighted by atomic mass is 9.71. The number of halogens is 2. The van der Waals surface area contributed by atoms with Crippen molar-refractivity contribution in [2.45, 2.75) is 198 Å². The van der Waals surface area contributed by atoms with Gasteiger partial charge in [0.2, 0.25) is 0 Å². The number of rotatable bonds is 10. The van der Waals surface area contributed by atoms with E-state index in [9.17, 15) is 10.2 Å². The zero-order valence-corrected chi connectivity index (χ0v) is 56.1. The summed E-state index contributed by atoms with van der Waals surface area (Å²) >= 11 is 0. The molecule has 8 aromatic carbocycles. The number of aromatic nitrogens is 2. The van der Waals surface area contributed by atoms with E-state index in [1.54, 1.807) is 12.1 Å². The topological polar surface area (TPSA) is 59.6 Å². The van der Waals surface area contributed by atoms with Gasteiger partial charge in [-0.05, 0) is 174 Å². The first-order valence-electron chi connectivity index (χ1n) is 31.2. The Morgan fingerprint density at radius 1 is 0.356 bits per heavy atom. The fourth-order valence-electron chi connectivity index (χ4n) is 14.0. The lowest BCUT2D eigenvalue weighted by Gasteiger charge is -2.38. The lowest BCUT2D eigenvalue weighted by Crippen LogP contribution is -2.27. The van der Waals surface area contributed by atoms with E-state index < -0.39 is 22.5 Å². The van der Waals surface area contributed by atoms with Gasteiger partial charge in [0.15, 0.2) is 23.0 Å². The van der Waals surface area contributed by atoms with Gasteiger partial charge in [-0.15, -0.1) is 0 Å². The Kier molecular flexibility index (Phi) is 15.2. The van der Waals surface area contributed by atoms with Gasteiger partial charge >= 0.3 is 0 Å². The summed E-state index contributed by atoms with van der Waals surface area (Å²) in [5, 5.41) is 31.9. The van der Waals surface area contributed by atoms with Crippen molar-refractivity contribution in [1.29, 1.82) is 0 Å². The summed E-state index contributed by atoms with van der Waals surface area (Å²) in [4.78, 5) is 0. The number of ether oxygens (including phenoxy) is 1. The second kappa shape index (κ2) is 21.2. The molecule has 0 atom stereocenters. The fourth-order valence-corrected chi connectivity index (χ4v) is 14.0. The van der Waals surface area contributed by atoms with Crippen LogP contribution in [0.2, 0.25) is 0 Å². The van der Waals surface area contributed by atoms with Crippen molar-refractivity contribution in [3.8, 4) is 56.6 Å². The van der Waals surface area contributed by atoms with Crippen molar-refractivity contribution < 1.29 is 23.7 Å². The van der Waals surface area contributed by atoms with Crippen LogP contribution >= 0.6 is 0 Å². The predicted octanol–water partition coefficient (Wildman–Crippen LogP) is 23.3. The van der Waals surface area contributed by atoms with E-state index >= 15 is 8.78 Å². The predicted molar refractivity (Wildman–Crippen MR) is 365 cm³/mol. The molecular weight excluding hydrogens is 1070 g/mol. The van der Waals surface area contributed by atoms with Crippen LogP contribution < -0.4 is 4.74 Å². The molecule has 0 saturated heterocycles. The number of phenolic OH excluding ortho intramolecular Hbond substituents is 2. The van der Waals surface area contributed by atoms with Gasteiger partial charge in [0.25, 0.3) is 0 Å². The van der Waals surface area contributed by atoms with E-state index in [4.69, 9.17) is 4.74 Å². The molecule has 2 heterocycles. The molecular formula is C80H94F2N2O3. The molecule has 0 unspecified atom stereocenters. The van der Waals surface area contributed by atoms with Gasteiger partial charge in [-0.1, -0.05) is 201 Å². The highest BCUT2D eigenvalue weighted by atomic mass is 19.1. The summed E-state index contributed by atoms with van der Waals surface area (Å²) in [6.07, 6.45) is 1.36. The van der Waals surface area contributed by atoms with Crippen LogP contribution in [-0.2, 0) is 32.5 Å². The van der Waals surface area contributed by atoms with Gasteiger partial charge in [0, 0.05) is 43.8 Å². The minimum absolute atomic E-state index is 0.0940. The third-order valence-corrected chi connectivity index (χ3v) is 17.8. The Hall–Kier alpha value is -7.38. The number of hydrogen-bond donors (Lipinski definition) is 2. The third-order valence-electron chi connectivity index (χ3n) is 17.8. The first-order chi connectivity index (χ1) is 40.0. The fraction of sp³-hybridized carbons (Fsp3) is 0.400. The summed E-state index contributed by atoms with van der Waals surface area (Å²) in [7, 11) is 0. The highest BCUT2D eigenvalue weighted by Crippen LogP contribution is 2.58. The van der Waals surface area contributed by atoms with Gasteiger partial charge in [0.05, 0.1) is 22.1 Å². The number of fused-ring (bicyclic) bond motifs is 6. The van der Waals surface area contributed by atoms with E-state index in [0.717, 1.165) is 77.0 Å². The molecule has 0 fully saturated rings. The van der Waals surface area contributed by atoms with Crippen LogP contribution in [0.5, 0.6) is 23.0 Å². The van der Waals surface area contributed by atoms with E-state index in [1.807, 2.05) is 24.3 Å². The number of hydrogen-bond acceptors (Lipinski definition) is 3. The molecule has 7 heteroatoms. The normalized spacial score (nSPS) is 13.5. The first-order valence-corrected chi connectivity index (χ1v) is 31.2. The van der Waals surface area contributed by atoms with Crippen molar-refractivity contribution in [3.63, 3.8) is 0 Å². The average Bonchev–Trinajstić information content (AvgIpc) is 1.68. The van der Waals surface area contributed by atoms with Crippen molar-refractivity contribution in [3.05, 3.63) is 178 Å². The van der Waals surface area contributed by atoms with E-state index in [0.29, 0.717) is 58.0 Å². The third kappa shape index (κ3) is 11.9. The first kappa shape index (κ1) is 62.7. The van der Waals surface area contributed by atoms with Gasteiger partial charge in [-0.2, -0.15) is 0 Å². The Morgan fingerprint density at radius 2 is 0.632 bits per heavy atom. The standard InChI is InChI=1S/C80H94F2N2O3/c1-73(2,3)45-79(19,20)61-43-55(47-25-23-27-53(81)37-47)69(85)67(83-63-33-29-49(75(7,8)9)39-57(63)58-40-50(76(10,11)12)30-34-64(58)83)71(61)87-72-62(80(21,22)46-74(4,5)6)44-56(48-26-24-28-54(82)38-48)70(86)68(72)84-65-35-31-51(77(13,14)15)41-59(65)60-42-52(78(16,17)18)32-36-66(60)84/h23-44,85-86H,45-46H2,1-22H3. The molecule has 87 heavy (non-hydrogen) atoms. The molecule has 0 aliphatic heterocycles.